The van der Waals surface area contributed by atoms with Crippen molar-refractivity contribution < 1.29 is 0 Å². The Kier molecular flexibility index (Phi) is 4.34. The van der Waals surface area contributed by atoms with Gasteiger partial charge in [-0.2, -0.15) is 11.8 Å². The standard InChI is InChI=1S/C11H20N2OS/c1-8(13-14)9(5-6-15-4)12-10-7-11(10,2)3/h9-10,12H,1,5-7H2,2-4H3/t9-,10?/m0/s1. The van der Waals surface area contributed by atoms with Crippen LogP contribution in [0.4, 0.5) is 0 Å². The molecule has 0 aromatic heterocycles. The maximum Gasteiger partial charge on any atom is 0.0947 e. The molecule has 0 amide bonds. The summed E-state index contributed by atoms with van der Waals surface area (Å²) >= 11 is 1.78. The third-order valence-electron chi connectivity index (χ3n) is 3.05. The van der Waals surface area contributed by atoms with Crippen molar-refractivity contribution in [3.8, 4) is 0 Å². The third kappa shape index (κ3) is 3.61. The smallest absolute Gasteiger partial charge is 0.0947 e. The number of nitroso groups, excluding NO2 is 1. The molecule has 0 heterocycles. The Morgan fingerprint density at radius 3 is 2.73 bits per heavy atom. The van der Waals surface area contributed by atoms with Crippen molar-refractivity contribution in [2.45, 2.75) is 38.8 Å². The summed E-state index contributed by atoms with van der Waals surface area (Å²) in [7, 11) is 0. The Bertz CT molecular complexity index is 253. The average Bonchev–Trinajstić information content (AvgIpc) is 2.79. The van der Waals surface area contributed by atoms with Crippen molar-refractivity contribution >= 4 is 11.8 Å². The molecule has 0 saturated heterocycles. The summed E-state index contributed by atoms with van der Waals surface area (Å²) in [6, 6.07) is 0.574. The van der Waals surface area contributed by atoms with E-state index < -0.39 is 0 Å². The molecule has 1 rings (SSSR count). The van der Waals surface area contributed by atoms with Gasteiger partial charge in [-0.3, -0.25) is 0 Å². The lowest BCUT2D eigenvalue weighted by atomic mass is 10.1. The van der Waals surface area contributed by atoms with Gasteiger partial charge in [-0.1, -0.05) is 20.4 Å². The van der Waals surface area contributed by atoms with Crippen molar-refractivity contribution in [3.05, 3.63) is 17.2 Å². The quantitative estimate of drug-likeness (QED) is 0.681. The van der Waals surface area contributed by atoms with Crippen LogP contribution in [0.25, 0.3) is 0 Å². The molecule has 1 fully saturated rings. The molecule has 0 aromatic carbocycles. The fourth-order valence-corrected chi connectivity index (χ4v) is 2.11. The van der Waals surface area contributed by atoms with E-state index in [0.717, 1.165) is 12.2 Å². The minimum absolute atomic E-state index is 0.0572. The highest BCUT2D eigenvalue weighted by atomic mass is 32.2. The first kappa shape index (κ1) is 12.7. The Morgan fingerprint density at radius 1 is 1.73 bits per heavy atom. The Hall–Kier alpha value is -0.350. The van der Waals surface area contributed by atoms with Crippen LogP contribution in [0.2, 0.25) is 0 Å². The van der Waals surface area contributed by atoms with Crippen LogP contribution in [0.3, 0.4) is 0 Å². The molecule has 3 nitrogen and oxygen atoms in total. The minimum Gasteiger partial charge on any atom is -0.305 e. The van der Waals surface area contributed by atoms with E-state index in [-0.39, 0.29) is 6.04 Å². The molecule has 1 saturated carbocycles. The second-order valence-electron chi connectivity index (χ2n) is 4.83. The topological polar surface area (TPSA) is 41.5 Å². The number of hydrogen-bond acceptors (Lipinski definition) is 4. The first-order valence-corrected chi connectivity index (χ1v) is 6.68. The molecule has 0 bridgehead atoms. The zero-order valence-electron chi connectivity index (χ0n) is 9.75. The highest BCUT2D eigenvalue weighted by Gasteiger charge is 2.46. The van der Waals surface area contributed by atoms with Crippen LogP contribution in [0, 0.1) is 10.3 Å². The molecular weight excluding hydrogens is 208 g/mol. The van der Waals surface area contributed by atoms with Crippen molar-refractivity contribution in [3.63, 3.8) is 0 Å². The van der Waals surface area contributed by atoms with Gasteiger partial charge in [0.25, 0.3) is 0 Å². The predicted octanol–water partition coefficient (Wildman–Crippen LogP) is 2.78. The largest absolute Gasteiger partial charge is 0.305 e. The normalized spacial score (nSPS) is 24.6. The lowest BCUT2D eigenvalue weighted by Crippen LogP contribution is -2.34. The van der Waals surface area contributed by atoms with E-state index in [4.69, 9.17) is 0 Å². The summed E-state index contributed by atoms with van der Waals surface area (Å²) in [4.78, 5) is 10.5. The first-order valence-electron chi connectivity index (χ1n) is 5.28. The first-order chi connectivity index (χ1) is 7.01. The molecule has 0 radical (unpaired) electrons. The van der Waals surface area contributed by atoms with Crippen molar-refractivity contribution in [1.29, 1.82) is 0 Å². The zero-order valence-corrected chi connectivity index (χ0v) is 10.6. The summed E-state index contributed by atoms with van der Waals surface area (Å²) in [6.07, 6.45) is 4.17. The zero-order chi connectivity index (χ0) is 11.5. The average molecular weight is 228 g/mol. The van der Waals surface area contributed by atoms with Gasteiger partial charge in [0.2, 0.25) is 0 Å². The number of thioether (sulfide) groups is 1. The third-order valence-corrected chi connectivity index (χ3v) is 3.69. The van der Waals surface area contributed by atoms with Gasteiger partial charge < -0.3 is 5.32 Å². The van der Waals surface area contributed by atoms with E-state index >= 15 is 0 Å². The van der Waals surface area contributed by atoms with E-state index in [9.17, 15) is 4.91 Å². The van der Waals surface area contributed by atoms with E-state index in [1.54, 1.807) is 11.8 Å². The molecule has 4 heteroatoms. The van der Waals surface area contributed by atoms with Gasteiger partial charge in [-0.25, -0.2) is 0 Å². The molecule has 1 N–H and O–H groups in total. The van der Waals surface area contributed by atoms with Gasteiger partial charge >= 0.3 is 0 Å². The molecule has 0 spiro atoms. The molecular formula is C11H20N2OS. The highest BCUT2D eigenvalue weighted by Crippen LogP contribution is 2.45. The number of nitrogens with one attached hydrogen (secondary N) is 1. The summed E-state index contributed by atoms with van der Waals surface area (Å²) in [5.74, 6) is 1.03. The maximum absolute atomic E-state index is 10.5. The van der Waals surface area contributed by atoms with Crippen LogP contribution < -0.4 is 5.32 Å². The second-order valence-corrected chi connectivity index (χ2v) is 5.81. The summed E-state index contributed by atoms with van der Waals surface area (Å²) < 4.78 is 0. The van der Waals surface area contributed by atoms with Crippen molar-refractivity contribution in [2.24, 2.45) is 10.6 Å². The van der Waals surface area contributed by atoms with Crippen LogP contribution in [0.5, 0.6) is 0 Å². The molecule has 1 aliphatic rings. The van der Waals surface area contributed by atoms with Gasteiger partial charge in [0.1, 0.15) is 0 Å². The molecule has 0 aromatic rings. The molecule has 15 heavy (non-hydrogen) atoms. The Morgan fingerprint density at radius 2 is 2.33 bits per heavy atom. The number of rotatable bonds is 7. The van der Waals surface area contributed by atoms with Gasteiger partial charge in [-0.05, 0) is 35.4 Å². The van der Waals surface area contributed by atoms with Crippen LogP contribution >= 0.6 is 11.8 Å². The number of hydrogen-bond donors (Lipinski definition) is 1. The van der Waals surface area contributed by atoms with E-state index in [1.165, 1.54) is 6.42 Å². The highest BCUT2D eigenvalue weighted by molar-refractivity contribution is 7.98. The molecule has 1 unspecified atom stereocenters. The summed E-state index contributed by atoms with van der Waals surface area (Å²) in [5, 5.41) is 6.41. The SMILES string of the molecule is C=C(N=O)[C@H](CCSC)NC1CC1(C)C. The number of nitrogens with zero attached hydrogens (tertiary/aromatic N) is 1. The van der Waals surface area contributed by atoms with Crippen LogP contribution in [-0.4, -0.2) is 24.1 Å². The molecule has 0 aliphatic heterocycles. The van der Waals surface area contributed by atoms with Gasteiger partial charge in [0, 0.05) is 6.04 Å². The monoisotopic (exact) mass is 228 g/mol. The molecule has 1 aliphatic carbocycles. The summed E-state index contributed by atoms with van der Waals surface area (Å²) in [6.45, 7) is 8.16. The predicted molar refractivity (Wildman–Crippen MR) is 67.0 cm³/mol. The van der Waals surface area contributed by atoms with E-state index in [1.807, 2.05) is 0 Å². The maximum atomic E-state index is 10.5. The van der Waals surface area contributed by atoms with Gasteiger partial charge in [0.05, 0.1) is 11.7 Å². The Balaban J connectivity index is 2.42. The lowest BCUT2D eigenvalue weighted by Gasteiger charge is -2.17. The summed E-state index contributed by atoms with van der Waals surface area (Å²) in [5.41, 5.74) is 0.813. The van der Waals surface area contributed by atoms with E-state index in [0.29, 0.717) is 17.2 Å². The molecule has 2 atom stereocenters. The van der Waals surface area contributed by atoms with Gasteiger partial charge in [0.15, 0.2) is 0 Å². The lowest BCUT2D eigenvalue weighted by molar-refractivity contribution is 0.485. The fraction of sp³-hybridized carbons (Fsp3) is 0.818. The fourth-order valence-electron chi connectivity index (χ4n) is 1.64. The van der Waals surface area contributed by atoms with Crippen LogP contribution in [0.15, 0.2) is 17.5 Å². The van der Waals surface area contributed by atoms with Crippen molar-refractivity contribution in [2.75, 3.05) is 12.0 Å². The van der Waals surface area contributed by atoms with Crippen molar-refractivity contribution in [1.82, 2.24) is 5.32 Å². The van der Waals surface area contributed by atoms with Crippen LogP contribution in [0.1, 0.15) is 26.7 Å². The second kappa shape index (κ2) is 5.12. The molecule has 86 valence electrons. The van der Waals surface area contributed by atoms with Crippen LogP contribution in [-0.2, 0) is 0 Å². The Labute approximate surface area is 96.1 Å². The van der Waals surface area contributed by atoms with E-state index in [2.05, 4.69) is 37.2 Å². The minimum atomic E-state index is 0.0572. The van der Waals surface area contributed by atoms with Gasteiger partial charge in [-0.15, -0.1) is 4.91 Å².